The fourth-order valence-corrected chi connectivity index (χ4v) is 5.19. The molecule has 0 spiro atoms. The zero-order valence-electron chi connectivity index (χ0n) is 17.2. The summed E-state index contributed by atoms with van der Waals surface area (Å²) in [6, 6.07) is 13.5. The molecular weight excluding hydrogens is 388 g/mol. The summed E-state index contributed by atoms with van der Waals surface area (Å²) >= 11 is 0. The van der Waals surface area contributed by atoms with Gasteiger partial charge >= 0.3 is 0 Å². The van der Waals surface area contributed by atoms with Gasteiger partial charge in [0.25, 0.3) is 10.0 Å². The number of methoxy groups -OCH3 is 1. The average Bonchev–Trinajstić information content (AvgIpc) is 2.72. The van der Waals surface area contributed by atoms with Crippen molar-refractivity contribution in [1.82, 2.24) is 4.90 Å². The van der Waals surface area contributed by atoms with E-state index < -0.39 is 10.0 Å². The molecule has 1 fully saturated rings. The molecule has 0 radical (unpaired) electrons. The molecule has 29 heavy (non-hydrogen) atoms. The van der Waals surface area contributed by atoms with Gasteiger partial charge in [-0.05, 0) is 61.6 Å². The summed E-state index contributed by atoms with van der Waals surface area (Å²) in [7, 11) is -2.37. The first-order chi connectivity index (χ1) is 13.8. The van der Waals surface area contributed by atoms with Crippen LogP contribution in [0.5, 0.6) is 5.75 Å². The Morgan fingerprint density at radius 1 is 1.21 bits per heavy atom. The maximum Gasteiger partial charge on any atom is 0.264 e. The molecule has 1 aliphatic heterocycles. The Hall–Kier alpha value is -2.54. The Morgan fingerprint density at radius 2 is 1.93 bits per heavy atom. The monoisotopic (exact) mass is 416 g/mol. The third kappa shape index (κ3) is 4.72. The van der Waals surface area contributed by atoms with Crippen LogP contribution in [0.1, 0.15) is 25.3 Å². The average molecular weight is 417 g/mol. The standard InChI is InChI=1S/C22H28N2O4S/c1-17-8-7-13-23(15-17)22(25)16-24(19-9-5-4-6-10-19)29(26,27)20-11-12-21(28-3)18(2)14-20/h4-6,9-12,14,17H,7-8,13,15-16H2,1-3H3. The van der Waals surface area contributed by atoms with Gasteiger partial charge in [-0.2, -0.15) is 0 Å². The highest BCUT2D eigenvalue weighted by Gasteiger charge is 2.30. The Kier molecular flexibility index (Phi) is 6.47. The lowest BCUT2D eigenvalue weighted by atomic mass is 10.0. The van der Waals surface area contributed by atoms with E-state index in [1.165, 1.54) is 10.4 Å². The number of carbonyl (C=O) groups is 1. The highest BCUT2D eigenvalue weighted by atomic mass is 32.2. The highest BCUT2D eigenvalue weighted by Crippen LogP contribution is 2.27. The fraction of sp³-hybridized carbons (Fsp3) is 0.409. The Bertz CT molecular complexity index is 960. The molecule has 1 amide bonds. The van der Waals surface area contributed by atoms with Crippen molar-refractivity contribution in [2.75, 3.05) is 31.0 Å². The number of sulfonamides is 1. The van der Waals surface area contributed by atoms with Gasteiger partial charge in [0.05, 0.1) is 17.7 Å². The number of rotatable bonds is 6. The van der Waals surface area contributed by atoms with Gasteiger partial charge in [0.2, 0.25) is 5.91 Å². The summed E-state index contributed by atoms with van der Waals surface area (Å²) in [6.07, 6.45) is 2.04. The molecule has 2 aromatic rings. The number of nitrogens with zero attached hydrogens (tertiary/aromatic N) is 2. The van der Waals surface area contributed by atoms with Crippen LogP contribution in [-0.4, -0.2) is 46.0 Å². The van der Waals surface area contributed by atoms with Crippen LogP contribution in [0, 0.1) is 12.8 Å². The molecule has 0 aliphatic carbocycles. The molecule has 0 N–H and O–H groups in total. The molecule has 1 unspecified atom stereocenters. The molecule has 3 rings (SSSR count). The van der Waals surface area contributed by atoms with E-state index in [0.717, 1.165) is 18.4 Å². The van der Waals surface area contributed by atoms with Crippen LogP contribution in [0.4, 0.5) is 5.69 Å². The van der Waals surface area contributed by atoms with E-state index >= 15 is 0 Å². The number of likely N-dealkylation sites (tertiary alicyclic amines) is 1. The molecule has 2 aromatic carbocycles. The number of piperidine rings is 1. The van der Waals surface area contributed by atoms with Gasteiger partial charge in [-0.15, -0.1) is 0 Å². The number of aryl methyl sites for hydroxylation is 1. The zero-order chi connectivity index (χ0) is 21.0. The van der Waals surface area contributed by atoms with E-state index in [2.05, 4.69) is 6.92 Å². The molecule has 1 atom stereocenters. The zero-order valence-corrected chi connectivity index (χ0v) is 18.0. The van der Waals surface area contributed by atoms with Crippen molar-refractivity contribution < 1.29 is 17.9 Å². The molecule has 1 aliphatic rings. The second-order valence-electron chi connectivity index (χ2n) is 7.57. The van der Waals surface area contributed by atoms with Gasteiger partial charge in [-0.3, -0.25) is 9.10 Å². The maximum atomic E-state index is 13.5. The van der Waals surface area contributed by atoms with E-state index in [-0.39, 0.29) is 17.3 Å². The first-order valence-electron chi connectivity index (χ1n) is 9.83. The number of hydrogen-bond acceptors (Lipinski definition) is 4. The third-order valence-electron chi connectivity index (χ3n) is 5.29. The summed E-state index contributed by atoms with van der Waals surface area (Å²) < 4.78 is 33.4. The van der Waals surface area contributed by atoms with Gasteiger partial charge in [-0.25, -0.2) is 8.42 Å². The van der Waals surface area contributed by atoms with Crippen LogP contribution in [0.15, 0.2) is 53.4 Å². The normalized spacial score (nSPS) is 17.1. The number of benzene rings is 2. The van der Waals surface area contributed by atoms with E-state index in [9.17, 15) is 13.2 Å². The summed E-state index contributed by atoms with van der Waals surface area (Å²) in [4.78, 5) is 14.9. The minimum absolute atomic E-state index is 0.138. The van der Waals surface area contributed by atoms with Crippen molar-refractivity contribution in [1.29, 1.82) is 0 Å². The number of amides is 1. The molecule has 0 bridgehead atoms. The first kappa shape index (κ1) is 21.2. The highest BCUT2D eigenvalue weighted by molar-refractivity contribution is 7.92. The number of ether oxygens (including phenoxy) is 1. The summed E-state index contributed by atoms with van der Waals surface area (Å²) in [6.45, 7) is 5.04. The molecule has 0 saturated carbocycles. The van der Waals surface area contributed by atoms with Crippen molar-refractivity contribution in [2.45, 2.75) is 31.6 Å². The Labute approximate surface area is 173 Å². The van der Waals surface area contributed by atoms with Gasteiger partial charge in [0, 0.05) is 13.1 Å². The van der Waals surface area contributed by atoms with E-state index in [1.807, 2.05) is 6.07 Å². The van der Waals surface area contributed by atoms with Gasteiger partial charge in [0.15, 0.2) is 0 Å². The SMILES string of the molecule is COc1ccc(S(=O)(=O)N(CC(=O)N2CCCC(C)C2)c2ccccc2)cc1C. The predicted octanol–water partition coefficient (Wildman–Crippen LogP) is 3.46. The third-order valence-corrected chi connectivity index (χ3v) is 7.06. The van der Waals surface area contributed by atoms with Crippen molar-refractivity contribution in [2.24, 2.45) is 5.92 Å². The molecule has 1 saturated heterocycles. The fourth-order valence-electron chi connectivity index (χ4n) is 3.69. The van der Waals surface area contributed by atoms with Gasteiger partial charge in [-0.1, -0.05) is 25.1 Å². The van der Waals surface area contributed by atoms with Crippen molar-refractivity contribution in [3.8, 4) is 5.75 Å². The molecule has 0 aromatic heterocycles. The summed E-state index contributed by atoms with van der Waals surface area (Å²) in [5.41, 5.74) is 1.19. The minimum atomic E-state index is -3.92. The quantitative estimate of drug-likeness (QED) is 0.723. The van der Waals surface area contributed by atoms with Gasteiger partial charge in [0.1, 0.15) is 12.3 Å². The maximum absolute atomic E-state index is 13.5. The van der Waals surface area contributed by atoms with Crippen LogP contribution < -0.4 is 9.04 Å². The lowest BCUT2D eigenvalue weighted by molar-refractivity contribution is -0.131. The van der Waals surface area contributed by atoms with E-state index in [0.29, 0.717) is 30.4 Å². The van der Waals surface area contributed by atoms with Crippen LogP contribution in [-0.2, 0) is 14.8 Å². The van der Waals surface area contributed by atoms with Crippen molar-refractivity contribution in [3.63, 3.8) is 0 Å². The van der Waals surface area contributed by atoms with Crippen molar-refractivity contribution in [3.05, 3.63) is 54.1 Å². The Balaban J connectivity index is 1.95. The first-order valence-corrected chi connectivity index (χ1v) is 11.3. The largest absolute Gasteiger partial charge is 0.496 e. The number of anilines is 1. The molecule has 6 nitrogen and oxygen atoms in total. The van der Waals surface area contributed by atoms with Crippen LogP contribution in [0.2, 0.25) is 0 Å². The smallest absolute Gasteiger partial charge is 0.264 e. The molecular formula is C22H28N2O4S. The molecule has 1 heterocycles. The second kappa shape index (κ2) is 8.86. The lowest BCUT2D eigenvalue weighted by Crippen LogP contribution is -2.46. The van der Waals surface area contributed by atoms with Crippen LogP contribution >= 0.6 is 0 Å². The van der Waals surface area contributed by atoms with E-state index in [4.69, 9.17) is 4.74 Å². The molecule has 156 valence electrons. The summed E-state index contributed by atoms with van der Waals surface area (Å²) in [5.74, 6) is 0.876. The van der Waals surface area contributed by atoms with Crippen LogP contribution in [0.25, 0.3) is 0 Å². The number of carbonyl (C=O) groups excluding carboxylic acids is 1. The lowest BCUT2D eigenvalue weighted by Gasteiger charge is -2.33. The van der Waals surface area contributed by atoms with Crippen molar-refractivity contribution >= 4 is 21.6 Å². The minimum Gasteiger partial charge on any atom is -0.496 e. The molecule has 7 heteroatoms. The number of para-hydroxylation sites is 1. The Morgan fingerprint density at radius 3 is 2.55 bits per heavy atom. The predicted molar refractivity (Wildman–Crippen MR) is 114 cm³/mol. The van der Waals surface area contributed by atoms with Gasteiger partial charge < -0.3 is 9.64 Å². The van der Waals surface area contributed by atoms with E-state index in [1.54, 1.807) is 55.3 Å². The topological polar surface area (TPSA) is 66.9 Å². The second-order valence-corrected chi connectivity index (χ2v) is 9.43. The number of hydrogen-bond donors (Lipinski definition) is 0. The van der Waals surface area contributed by atoms with Crippen LogP contribution in [0.3, 0.4) is 0 Å². The summed E-state index contributed by atoms with van der Waals surface area (Å²) in [5, 5.41) is 0.